The van der Waals surface area contributed by atoms with E-state index >= 15 is 0 Å². The van der Waals surface area contributed by atoms with Crippen molar-refractivity contribution in [2.24, 2.45) is 11.3 Å². The molecule has 6 nitrogen and oxygen atoms in total. The second-order valence-corrected chi connectivity index (χ2v) is 6.94. The molecule has 2 aromatic rings. The maximum Gasteiger partial charge on any atom is 0.313 e. The quantitative estimate of drug-likeness (QED) is 0.917. The Morgan fingerprint density at radius 1 is 1.48 bits per heavy atom. The molecular formula is C18H20FN3O3. The van der Waals surface area contributed by atoms with Gasteiger partial charge in [-0.1, -0.05) is 6.07 Å². The number of aromatic nitrogens is 2. The molecule has 1 N–H and O–H groups in total. The smallest absolute Gasteiger partial charge is 0.313 e. The highest BCUT2D eigenvalue weighted by Crippen LogP contribution is 2.42. The molecular weight excluding hydrogens is 325 g/mol. The van der Waals surface area contributed by atoms with Crippen molar-refractivity contribution in [3.05, 3.63) is 48.0 Å². The summed E-state index contributed by atoms with van der Waals surface area (Å²) in [5.74, 6) is -0.950. The Labute approximate surface area is 144 Å². The minimum absolute atomic E-state index is 0.122. The summed E-state index contributed by atoms with van der Waals surface area (Å²) in [6.45, 7) is 2.77. The van der Waals surface area contributed by atoms with Crippen molar-refractivity contribution in [3.63, 3.8) is 0 Å². The lowest BCUT2D eigenvalue weighted by molar-refractivity contribution is -0.159. The minimum Gasteiger partial charge on any atom is -0.481 e. The number of aliphatic carboxylic acids is 1. The van der Waals surface area contributed by atoms with E-state index in [4.69, 9.17) is 4.74 Å². The Hall–Kier alpha value is -2.25. The summed E-state index contributed by atoms with van der Waals surface area (Å²) in [7, 11) is 0. The van der Waals surface area contributed by atoms with Crippen LogP contribution in [0.5, 0.6) is 0 Å². The number of hydrogen-bond acceptors (Lipinski definition) is 4. The van der Waals surface area contributed by atoms with Crippen molar-refractivity contribution in [3.8, 4) is 5.69 Å². The number of benzene rings is 1. The molecule has 2 aliphatic rings. The average molecular weight is 345 g/mol. The summed E-state index contributed by atoms with van der Waals surface area (Å²) in [4.78, 5) is 14.0. The highest BCUT2D eigenvalue weighted by molar-refractivity contribution is 5.76. The van der Waals surface area contributed by atoms with Gasteiger partial charge in [0.25, 0.3) is 0 Å². The molecule has 2 aliphatic heterocycles. The molecule has 1 aromatic carbocycles. The first-order valence-corrected chi connectivity index (χ1v) is 8.40. The van der Waals surface area contributed by atoms with Crippen LogP contribution in [-0.4, -0.2) is 52.1 Å². The zero-order valence-electron chi connectivity index (χ0n) is 13.8. The molecule has 25 heavy (non-hydrogen) atoms. The monoisotopic (exact) mass is 345 g/mol. The summed E-state index contributed by atoms with van der Waals surface area (Å²) in [6.07, 6.45) is 4.39. The van der Waals surface area contributed by atoms with E-state index in [-0.39, 0.29) is 18.3 Å². The predicted molar refractivity (Wildman–Crippen MR) is 87.8 cm³/mol. The Morgan fingerprint density at radius 2 is 2.36 bits per heavy atom. The largest absolute Gasteiger partial charge is 0.481 e. The highest BCUT2D eigenvalue weighted by Gasteiger charge is 2.53. The number of ether oxygens (including phenoxy) is 1. The van der Waals surface area contributed by atoms with E-state index in [1.165, 1.54) is 12.1 Å². The van der Waals surface area contributed by atoms with Gasteiger partial charge in [0.05, 0.1) is 18.5 Å². The summed E-state index contributed by atoms with van der Waals surface area (Å²) in [5, 5.41) is 14.0. The van der Waals surface area contributed by atoms with Crippen molar-refractivity contribution in [2.45, 2.75) is 13.0 Å². The summed E-state index contributed by atoms with van der Waals surface area (Å²) >= 11 is 0. The molecule has 4 rings (SSSR count). The van der Waals surface area contributed by atoms with Gasteiger partial charge in [0.15, 0.2) is 0 Å². The maximum absolute atomic E-state index is 13.4. The van der Waals surface area contributed by atoms with E-state index in [0.717, 1.165) is 18.5 Å². The standard InChI is InChI=1S/C18H20FN3O3/c19-15-2-1-3-16(6-15)22-9-13(7-20-22)8-21-10-14-4-5-25-12-18(14,11-21)17(23)24/h1-3,6-7,9,14H,4-5,8,10-12H2,(H,23,24)/t14-,18+/m0/s1. The number of nitrogens with zero attached hydrogens (tertiary/aromatic N) is 3. The van der Waals surface area contributed by atoms with Gasteiger partial charge in [-0.3, -0.25) is 9.69 Å². The molecule has 0 saturated carbocycles. The summed E-state index contributed by atoms with van der Waals surface area (Å²) in [5.41, 5.74) is 0.845. The molecule has 0 radical (unpaired) electrons. The Morgan fingerprint density at radius 3 is 3.12 bits per heavy atom. The molecule has 2 atom stereocenters. The third-order valence-corrected chi connectivity index (χ3v) is 5.28. The lowest BCUT2D eigenvalue weighted by Crippen LogP contribution is -2.46. The van der Waals surface area contributed by atoms with E-state index in [9.17, 15) is 14.3 Å². The molecule has 0 bridgehead atoms. The van der Waals surface area contributed by atoms with Gasteiger partial charge in [0.2, 0.25) is 0 Å². The fraction of sp³-hybridized carbons (Fsp3) is 0.444. The topological polar surface area (TPSA) is 67.6 Å². The molecule has 2 saturated heterocycles. The van der Waals surface area contributed by atoms with E-state index in [2.05, 4.69) is 10.00 Å². The predicted octanol–water partition coefficient (Wildman–Crippen LogP) is 1.93. The SMILES string of the molecule is O=C(O)[C@]12COCC[C@H]1CN(Cc1cnn(-c3cccc(F)c3)c1)C2. The zero-order valence-corrected chi connectivity index (χ0v) is 13.8. The van der Waals surface area contributed by atoms with Crippen molar-refractivity contribution < 1.29 is 19.0 Å². The number of rotatable bonds is 4. The van der Waals surface area contributed by atoms with Crippen molar-refractivity contribution in [2.75, 3.05) is 26.3 Å². The van der Waals surface area contributed by atoms with Gasteiger partial charge in [0.1, 0.15) is 11.2 Å². The van der Waals surface area contributed by atoms with Crippen LogP contribution in [0.15, 0.2) is 36.7 Å². The van der Waals surface area contributed by atoms with Crippen LogP contribution in [0.2, 0.25) is 0 Å². The van der Waals surface area contributed by atoms with Crippen LogP contribution in [0.3, 0.4) is 0 Å². The molecule has 2 fully saturated rings. The molecule has 7 heteroatoms. The molecule has 132 valence electrons. The van der Waals surface area contributed by atoms with Crippen LogP contribution >= 0.6 is 0 Å². The fourth-order valence-corrected chi connectivity index (χ4v) is 3.97. The highest BCUT2D eigenvalue weighted by atomic mass is 19.1. The van der Waals surface area contributed by atoms with Gasteiger partial charge >= 0.3 is 5.97 Å². The first kappa shape index (κ1) is 16.2. The number of likely N-dealkylation sites (tertiary alicyclic amines) is 1. The molecule has 0 amide bonds. The van der Waals surface area contributed by atoms with Gasteiger partial charge in [0, 0.05) is 38.0 Å². The number of carbonyl (C=O) groups is 1. The minimum atomic E-state index is -0.795. The van der Waals surface area contributed by atoms with E-state index in [0.29, 0.717) is 25.4 Å². The normalized spacial score (nSPS) is 26.5. The number of carboxylic acids is 1. The molecule has 0 spiro atoms. The maximum atomic E-state index is 13.4. The molecule has 1 aromatic heterocycles. The molecule has 3 heterocycles. The number of hydrogen-bond donors (Lipinski definition) is 1. The van der Waals surface area contributed by atoms with Crippen LogP contribution in [0.4, 0.5) is 4.39 Å². The van der Waals surface area contributed by atoms with E-state index in [1.807, 2.05) is 6.20 Å². The van der Waals surface area contributed by atoms with Gasteiger partial charge in [-0.25, -0.2) is 9.07 Å². The summed E-state index contributed by atoms with van der Waals surface area (Å²) < 4.78 is 20.5. The van der Waals surface area contributed by atoms with E-state index < -0.39 is 11.4 Å². The van der Waals surface area contributed by atoms with Gasteiger partial charge in [-0.05, 0) is 30.5 Å². The van der Waals surface area contributed by atoms with E-state index in [1.54, 1.807) is 23.0 Å². The average Bonchev–Trinajstić information content (AvgIpc) is 3.19. The number of carboxylic acid groups (broad SMARTS) is 1. The number of halogens is 1. The first-order valence-electron chi connectivity index (χ1n) is 8.40. The van der Waals surface area contributed by atoms with Crippen molar-refractivity contribution in [1.29, 1.82) is 0 Å². The Kier molecular flexibility index (Phi) is 4.05. The van der Waals surface area contributed by atoms with Crippen LogP contribution < -0.4 is 0 Å². The number of fused-ring (bicyclic) bond motifs is 1. The van der Waals surface area contributed by atoms with Crippen molar-refractivity contribution in [1.82, 2.24) is 14.7 Å². The summed E-state index contributed by atoms with van der Waals surface area (Å²) in [6, 6.07) is 6.26. The Balaban J connectivity index is 1.49. The third kappa shape index (κ3) is 2.94. The van der Waals surface area contributed by atoms with Crippen LogP contribution in [0.25, 0.3) is 5.69 Å². The first-order chi connectivity index (χ1) is 12.1. The van der Waals surface area contributed by atoms with Crippen molar-refractivity contribution >= 4 is 5.97 Å². The lowest BCUT2D eigenvalue weighted by atomic mass is 9.76. The third-order valence-electron chi connectivity index (χ3n) is 5.28. The second kappa shape index (κ2) is 6.24. The molecule has 0 unspecified atom stereocenters. The second-order valence-electron chi connectivity index (χ2n) is 6.94. The fourth-order valence-electron chi connectivity index (χ4n) is 3.97. The van der Waals surface area contributed by atoms with Gasteiger partial charge in [-0.15, -0.1) is 0 Å². The molecule has 0 aliphatic carbocycles. The van der Waals surface area contributed by atoms with Crippen LogP contribution in [0.1, 0.15) is 12.0 Å². The van der Waals surface area contributed by atoms with Gasteiger partial charge < -0.3 is 9.84 Å². The Bertz CT molecular complexity index is 793. The van der Waals surface area contributed by atoms with Crippen LogP contribution in [-0.2, 0) is 16.1 Å². The van der Waals surface area contributed by atoms with Gasteiger partial charge in [-0.2, -0.15) is 5.10 Å². The lowest BCUT2D eigenvalue weighted by Gasteiger charge is -2.34. The van der Waals surface area contributed by atoms with Crippen LogP contribution in [0, 0.1) is 17.2 Å². The zero-order chi connectivity index (χ0) is 17.4.